The van der Waals surface area contributed by atoms with E-state index in [-0.39, 0.29) is 16.9 Å². The number of ether oxygens (including phenoxy) is 2. The summed E-state index contributed by atoms with van der Waals surface area (Å²) in [6.45, 7) is 3.29. The quantitative estimate of drug-likeness (QED) is 0.839. The lowest BCUT2D eigenvalue weighted by Crippen LogP contribution is -2.75. The summed E-state index contributed by atoms with van der Waals surface area (Å²) in [5, 5.41) is 15.2. The van der Waals surface area contributed by atoms with Gasteiger partial charge in [-0.3, -0.25) is 10.2 Å². The molecule has 2 spiro atoms. The van der Waals surface area contributed by atoms with Crippen molar-refractivity contribution in [2.45, 2.75) is 68.2 Å². The van der Waals surface area contributed by atoms with E-state index in [1.54, 1.807) is 7.11 Å². The van der Waals surface area contributed by atoms with Crippen LogP contribution in [0.15, 0.2) is 12.1 Å². The highest BCUT2D eigenvalue weighted by atomic mass is 16.5. The Morgan fingerprint density at radius 2 is 2.14 bits per heavy atom. The number of fused-ring (bicyclic) bond motifs is 3. The maximum absolute atomic E-state index is 11.7. The molecule has 2 saturated carbocycles. The minimum absolute atomic E-state index is 0.0777. The van der Waals surface area contributed by atoms with Gasteiger partial charge >= 0.3 is 0 Å². The molecule has 0 aromatic heterocycles. The molecule has 4 aliphatic heterocycles. The number of piperidine rings is 1. The number of hydrogen-bond acceptors (Lipinski definition) is 5. The number of likely N-dealkylation sites (tertiary alicyclic amines) is 1. The molecule has 0 radical (unpaired) electrons. The third-order valence-electron chi connectivity index (χ3n) is 9.31. The van der Waals surface area contributed by atoms with Crippen LogP contribution < -0.4 is 14.8 Å². The molecular weight excluding hydrogens is 352 g/mol. The molecule has 1 aromatic rings. The zero-order valence-electron chi connectivity index (χ0n) is 16.7. The van der Waals surface area contributed by atoms with Crippen LogP contribution in [0.1, 0.15) is 49.7 Å². The number of nitrogens with zero attached hydrogens (tertiary/aromatic N) is 1. The first-order valence-electron chi connectivity index (χ1n) is 11.2. The largest absolute Gasteiger partial charge is 0.493 e. The van der Waals surface area contributed by atoms with Gasteiger partial charge in [-0.2, -0.15) is 0 Å². The van der Waals surface area contributed by atoms with Crippen LogP contribution in [0.2, 0.25) is 0 Å². The highest BCUT2D eigenvalue weighted by Gasteiger charge is 2.76. The number of benzene rings is 1. The summed E-state index contributed by atoms with van der Waals surface area (Å²) in [7, 11) is 1.73. The van der Waals surface area contributed by atoms with Crippen molar-refractivity contribution < 1.29 is 14.6 Å². The molecule has 4 heterocycles. The van der Waals surface area contributed by atoms with Gasteiger partial charge in [0.25, 0.3) is 0 Å². The van der Waals surface area contributed by atoms with Gasteiger partial charge in [-0.25, -0.2) is 0 Å². The van der Waals surface area contributed by atoms with Crippen molar-refractivity contribution in [3.05, 3.63) is 23.3 Å². The first-order valence-corrected chi connectivity index (χ1v) is 11.2. The zero-order valence-corrected chi connectivity index (χ0v) is 16.7. The maximum atomic E-state index is 11.7. The van der Waals surface area contributed by atoms with Crippen LogP contribution in [-0.2, 0) is 11.8 Å². The summed E-state index contributed by atoms with van der Waals surface area (Å²) in [6.07, 6.45) is 7.85. The molecule has 4 bridgehead atoms. The smallest absolute Gasteiger partial charge is 0.166 e. The predicted octanol–water partition coefficient (Wildman–Crippen LogP) is 2.20. The SMILES string of the molecule is COc1ccc2c3c1O[C@H]1[C@@]4(O)CC[C@@]5(CCN4)[C@@H](C2)N(CC2CC2)CC[C@]315. The lowest BCUT2D eigenvalue weighted by atomic mass is 9.42. The molecule has 3 saturated heterocycles. The van der Waals surface area contributed by atoms with E-state index in [0.29, 0.717) is 6.04 Å². The van der Waals surface area contributed by atoms with Crippen LogP contribution in [0.4, 0.5) is 0 Å². The standard InChI is InChI=1S/C23H30N2O3/c1-27-16-5-4-15-12-17-21-6-7-23(26,24-10-8-21)20-22(21,18(15)19(16)28-20)9-11-25(17)13-14-2-3-14/h4-5,14,17,20,24,26H,2-3,6-13H2,1H3/t17-,20-,21-,22+,23+/m1/s1. The number of aliphatic hydroxyl groups is 1. The van der Waals surface area contributed by atoms with E-state index in [1.165, 1.54) is 30.5 Å². The summed E-state index contributed by atoms with van der Waals surface area (Å²) in [6, 6.07) is 4.93. The van der Waals surface area contributed by atoms with Crippen molar-refractivity contribution in [3.63, 3.8) is 0 Å². The van der Waals surface area contributed by atoms with Crippen LogP contribution in [0.25, 0.3) is 0 Å². The predicted molar refractivity (Wildman–Crippen MR) is 105 cm³/mol. The monoisotopic (exact) mass is 382 g/mol. The summed E-state index contributed by atoms with van der Waals surface area (Å²) in [4.78, 5) is 2.83. The molecule has 28 heavy (non-hydrogen) atoms. The molecule has 0 amide bonds. The van der Waals surface area contributed by atoms with E-state index in [4.69, 9.17) is 9.47 Å². The van der Waals surface area contributed by atoms with Gasteiger partial charge in [0.05, 0.1) is 7.11 Å². The minimum atomic E-state index is -0.929. The van der Waals surface area contributed by atoms with Crippen LogP contribution in [0.5, 0.6) is 11.5 Å². The molecule has 150 valence electrons. The van der Waals surface area contributed by atoms with Crippen molar-refractivity contribution in [2.75, 3.05) is 26.7 Å². The molecule has 7 aliphatic rings. The Morgan fingerprint density at radius 1 is 1.25 bits per heavy atom. The van der Waals surface area contributed by atoms with E-state index in [1.807, 2.05) is 0 Å². The van der Waals surface area contributed by atoms with Crippen LogP contribution in [-0.4, -0.2) is 54.6 Å². The van der Waals surface area contributed by atoms with Crippen LogP contribution >= 0.6 is 0 Å². The molecule has 5 atom stereocenters. The van der Waals surface area contributed by atoms with Crippen molar-refractivity contribution in [1.82, 2.24) is 10.2 Å². The third kappa shape index (κ3) is 1.69. The average molecular weight is 383 g/mol. The first-order chi connectivity index (χ1) is 13.6. The Hall–Kier alpha value is -1.30. The highest BCUT2D eigenvalue weighted by Crippen LogP contribution is 2.72. The van der Waals surface area contributed by atoms with E-state index >= 15 is 0 Å². The maximum Gasteiger partial charge on any atom is 0.166 e. The Balaban J connectivity index is 1.49. The van der Waals surface area contributed by atoms with Crippen LogP contribution in [0.3, 0.4) is 0 Å². The van der Waals surface area contributed by atoms with Gasteiger partial charge in [0, 0.05) is 29.0 Å². The Labute approximate surface area is 166 Å². The van der Waals surface area contributed by atoms with Crippen molar-refractivity contribution in [1.29, 1.82) is 0 Å². The molecular formula is C23H30N2O3. The van der Waals surface area contributed by atoms with Gasteiger partial charge in [-0.15, -0.1) is 0 Å². The second kappa shape index (κ2) is 5.05. The lowest BCUT2D eigenvalue weighted by Gasteiger charge is -2.66. The van der Waals surface area contributed by atoms with Gasteiger partial charge in [-0.1, -0.05) is 6.07 Å². The van der Waals surface area contributed by atoms with E-state index in [9.17, 15) is 5.11 Å². The summed E-state index contributed by atoms with van der Waals surface area (Å²) < 4.78 is 12.4. The van der Waals surface area contributed by atoms with Gasteiger partial charge < -0.3 is 14.6 Å². The number of nitrogens with one attached hydrogen (secondary N) is 1. The van der Waals surface area contributed by atoms with E-state index < -0.39 is 5.72 Å². The topological polar surface area (TPSA) is 54.0 Å². The molecule has 5 fully saturated rings. The van der Waals surface area contributed by atoms with Gasteiger partial charge in [0.15, 0.2) is 23.3 Å². The Kier molecular flexibility index (Phi) is 2.98. The summed E-state index contributed by atoms with van der Waals surface area (Å²) >= 11 is 0. The normalized spacial score (nSPS) is 45.4. The molecule has 5 nitrogen and oxygen atoms in total. The second-order valence-electron chi connectivity index (χ2n) is 10.3. The third-order valence-corrected chi connectivity index (χ3v) is 9.31. The van der Waals surface area contributed by atoms with Crippen molar-refractivity contribution in [3.8, 4) is 11.5 Å². The lowest BCUT2D eigenvalue weighted by molar-refractivity contribution is -0.195. The van der Waals surface area contributed by atoms with Gasteiger partial charge in [-0.05, 0) is 75.6 Å². The molecule has 5 heteroatoms. The molecule has 8 rings (SSSR count). The minimum Gasteiger partial charge on any atom is -0.493 e. The highest BCUT2D eigenvalue weighted by molar-refractivity contribution is 5.63. The van der Waals surface area contributed by atoms with E-state index in [0.717, 1.165) is 62.6 Å². The average Bonchev–Trinajstić information content (AvgIpc) is 3.47. The fourth-order valence-corrected chi connectivity index (χ4v) is 8.05. The number of methoxy groups -OCH3 is 1. The summed E-state index contributed by atoms with van der Waals surface area (Å²) in [5.41, 5.74) is 2.02. The second-order valence-corrected chi connectivity index (χ2v) is 10.3. The summed E-state index contributed by atoms with van der Waals surface area (Å²) in [5.74, 6) is 2.67. The first kappa shape index (κ1) is 16.5. The van der Waals surface area contributed by atoms with Crippen molar-refractivity contribution in [2.24, 2.45) is 11.3 Å². The Bertz CT molecular complexity index is 870. The van der Waals surface area contributed by atoms with Crippen molar-refractivity contribution >= 4 is 0 Å². The van der Waals surface area contributed by atoms with Crippen LogP contribution in [0, 0.1) is 11.3 Å². The molecule has 3 aliphatic carbocycles. The van der Waals surface area contributed by atoms with Gasteiger partial charge in [0.2, 0.25) is 0 Å². The molecule has 0 unspecified atom stereocenters. The Morgan fingerprint density at radius 3 is 2.96 bits per heavy atom. The fourth-order valence-electron chi connectivity index (χ4n) is 8.05. The fraction of sp³-hybridized carbons (Fsp3) is 0.739. The molecule has 1 aromatic carbocycles. The zero-order chi connectivity index (χ0) is 18.7. The number of rotatable bonds is 3. The number of hydrogen-bond donors (Lipinski definition) is 2. The van der Waals surface area contributed by atoms with Gasteiger partial charge in [0.1, 0.15) is 0 Å². The van der Waals surface area contributed by atoms with E-state index in [2.05, 4.69) is 22.3 Å². The molecule has 2 N–H and O–H groups in total.